The van der Waals surface area contributed by atoms with Gasteiger partial charge in [0.05, 0.1) is 11.8 Å². The molecule has 0 unspecified atom stereocenters. The van der Waals surface area contributed by atoms with Crippen LogP contribution in [0.5, 0.6) is 0 Å². The highest BCUT2D eigenvalue weighted by Crippen LogP contribution is 2.21. The molecule has 0 saturated heterocycles. The van der Waals surface area contributed by atoms with E-state index in [9.17, 15) is 12.8 Å². The van der Waals surface area contributed by atoms with Gasteiger partial charge in [-0.3, -0.25) is 0 Å². The van der Waals surface area contributed by atoms with Crippen molar-refractivity contribution < 1.29 is 12.8 Å². The molecule has 26 heavy (non-hydrogen) atoms. The molecule has 2 N–H and O–H groups in total. The number of rotatable bonds is 6. The maximum absolute atomic E-state index is 14.1. The Hall–Kier alpha value is -2.59. The van der Waals surface area contributed by atoms with E-state index in [0.29, 0.717) is 23.6 Å². The summed E-state index contributed by atoms with van der Waals surface area (Å²) in [6, 6.07) is 9.65. The van der Waals surface area contributed by atoms with Crippen molar-refractivity contribution in [1.82, 2.24) is 24.5 Å². The second kappa shape index (κ2) is 6.61. The second-order valence-corrected chi connectivity index (χ2v) is 8.35. The fourth-order valence-corrected chi connectivity index (χ4v) is 3.62. The Labute approximate surface area is 150 Å². The van der Waals surface area contributed by atoms with Crippen LogP contribution in [0.4, 0.5) is 10.2 Å². The van der Waals surface area contributed by atoms with E-state index < -0.39 is 21.4 Å². The highest BCUT2D eigenvalue weighted by atomic mass is 32.2. The molecule has 2 aromatic heterocycles. The standard InChI is InChI=1S/C16H19FN6O2S/c1-16(2,22-26(3,24)25)10-18-13-8-9-14-19-20-15(23(14)21-13)11-6-4-5-7-12(11)17/h4-9,22H,10H2,1-3H3,(H,18,21). The van der Waals surface area contributed by atoms with Gasteiger partial charge < -0.3 is 5.32 Å². The molecule has 2 heterocycles. The molecule has 0 saturated carbocycles. The topological polar surface area (TPSA) is 101 Å². The summed E-state index contributed by atoms with van der Waals surface area (Å²) in [5.74, 6) is 0.356. The van der Waals surface area contributed by atoms with Crippen LogP contribution < -0.4 is 10.0 Å². The first-order valence-electron chi connectivity index (χ1n) is 7.85. The number of hydrogen-bond acceptors (Lipinski definition) is 6. The lowest BCUT2D eigenvalue weighted by atomic mass is 10.1. The summed E-state index contributed by atoms with van der Waals surface area (Å²) in [6.07, 6.45) is 1.11. The number of anilines is 1. The molecule has 0 bridgehead atoms. The molecule has 0 atom stereocenters. The molecule has 3 rings (SSSR count). The van der Waals surface area contributed by atoms with Gasteiger partial charge in [-0.05, 0) is 38.1 Å². The molecule has 0 fully saturated rings. The van der Waals surface area contributed by atoms with Gasteiger partial charge in [-0.1, -0.05) is 12.1 Å². The van der Waals surface area contributed by atoms with Crippen LogP contribution in [0.25, 0.3) is 17.0 Å². The molecule has 10 heteroatoms. The van der Waals surface area contributed by atoms with Crippen molar-refractivity contribution in [3.05, 3.63) is 42.2 Å². The molecule has 0 spiro atoms. The van der Waals surface area contributed by atoms with Crippen LogP contribution in [-0.2, 0) is 10.0 Å². The molecule has 0 amide bonds. The zero-order valence-corrected chi connectivity index (χ0v) is 15.4. The fraction of sp³-hybridized carbons (Fsp3) is 0.312. The SMILES string of the molecule is CC(C)(CNc1ccc2nnc(-c3ccccc3F)n2n1)NS(C)(=O)=O. The number of fused-ring (bicyclic) bond motifs is 1. The Morgan fingerprint density at radius 3 is 2.58 bits per heavy atom. The van der Waals surface area contributed by atoms with Crippen LogP contribution in [0.15, 0.2) is 36.4 Å². The van der Waals surface area contributed by atoms with Crippen molar-refractivity contribution >= 4 is 21.5 Å². The average Bonchev–Trinajstić information content (AvgIpc) is 2.94. The van der Waals surface area contributed by atoms with E-state index in [1.807, 2.05) is 0 Å². The normalized spacial score (nSPS) is 12.5. The van der Waals surface area contributed by atoms with Gasteiger partial charge in [0, 0.05) is 12.1 Å². The van der Waals surface area contributed by atoms with Crippen molar-refractivity contribution in [1.29, 1.82) is 0 Å². The van der Waals surface area contributed by atoms with Crippen LogP contribution in [-0.4, -0.2) is 46.6 Å². The minimum atomic E-state index is -3.34. The minimum Gasteiger partial charge on any atom is -0.367 e. The molecule has 1 aromatic carbocycles. The van der Waals surface area contributed by atoms with Crippen molar-refractivity contribution in [3.63, 3.8) is 0 Å². The highest BCUT2D eigenvalue weighted by Gasteiger charge is 2.22. The second-order valence-electron chi connectivity index (χ2n) is 6.60. The Kier molecular flexibility index (Phi) is 4.63. The summed E-state index contributed by atoms with van der Waals surface area (Å²) in [5.41, 5.74) is 0.0530. The van der Waals surface area contributed by atoms with E-state index in [0.717, 1.165) is 6.26 Å². The van der Waals surface area contributed by atoms with Crippen LogP contribution in [0, 0.1) is 5.82 Å². The smallest absolute Gasteiger partial charge is 0.209 e. The number of benzene rings is 1. The monoisotopic (exact) mass is 378 g/mol. The summed E-state index contributed by atoms with van der Waals surface area (Å²) in [5, 5.41) is 15.5. The molecular weight excluding hydrogens is 359 g/mol. The van der Waals surface area contributed by atoms with Gasteiger partial charge in [0.2, 0.25) is 10.0 Å². The molecule has 0 radical (unpaired) electrons. The predicted molar refractivity (Wildman–Crippen MR) is 96.7 cm³/mol. The zero-order valence-electron chi connectivity index (χ0n) is 14.6. The van der Waals surface area contributed by atoms with E-state index in [4.69, 9.17) is 0 Å². The van der Waals surface area contributed by atoms with Crippen LogP contribution >= 0.6 is 0 Å². The average molecular weight is 378 g/mol. The first-order chi connectivity index (χ1) is 12.1. The number of aromatic nitrogens is 4. The van der Waals surface area contributed by atoms with Crippen LogP contribution in [0.3, 0.4) is 0 Å². The lowest BCUT2D eigenvalue weighted by molar-refractivity contribution is 0.475. The fourth-order valence-electron chi connectivity index (χ4n) is 2.54. The lowest BCUT2D eigenvalue weighted by Crippen LogP contribution is -2.47. The van der Waals surface area contributed by atoms with E-state index in [1.165, 1.54) is 10.6 Å². The third kappa shape index (κ3) is 4.14. The van der Waals surface area contributed by atoms with Gasteiger partial charge in [-0.15, -0.1) is 15.3 Å². The van der Waals surface area contributed by atoms with Crippen LogP contribution in [0.1, 0.15) is 13.8 Å². The summed E-state index contributed by atoms with van der Waals surface area (Å²) in [4.78, 5) is 0. The maximum Gasteiger partial charge on any atom is 0.209 e. The Morgan fingerprint density at radius 2 is 1.88 bits per heavy atom. The quantitative estimate of drug-likeness (QED) is 0.677. The Balaban J connectivity index is 1.88. The third-order valence-corrected chi connectivity index (χ3v) is 4.47. The van der Waals surface area contributed by atoms with Gasteiger partial charge in [0.25, 0.3) is 0 Å². The van der Waals surface area contributed by atoms with Crippen molar-refractivity contribution in [3.8, 4) is 11.4 Å². The van der Waals surface area contributed by atoms with E-state index in [2.05, 4.69) is 25.3 Å². The van der Waals surface area contributed by atoms with Gasteiger partial charge >= 0.3 is 0 Å². The molecule has 0 aliphatic heterocycles. The molecule has 8 nitrogen and oxygen atoms in total. The van der Waals surface area contributed by atoms with E-state index in [-0.39, 0.29) is 5.82 Å². The molecule has 0 aliphatic rings. The van der Waals surface area contributed by atoms with Gasteiger partial charge in [-0.2, -0.15) is 4.52 Å². The van der Waals surface area contributed by atoms with Crippen molar-refractivity contribution in [2.75, 3.05) is 18.1 Å². The Bertz CT molecular complexity index is 1050. The molecule has 0 aliphatic carbocycles. The summed E-state index contributed by atoms with van der Waals surface area (Å²) in [7, 11) is -3.34. The number of sulfonamides is 1. The summed E-state index contributed by atoms with van der Waals surface area (Å²) >= 11 is 0. The van der Waals surface area contributed by atoms with Gasteiger partial charge in [0.15, 0.2) is 11.5 Å². The first kappa shape index (κ1) is 18.2. The lowest BCUT2D eigenvalue weighted by Gasteiger charge is -2.25. The third-order valence-electron chi connectivity index (χ3n) is 3.55. The van der Waals surface area contributed by atoms with Crippen molar-refractivity contribution in [2.24, 2.45) is 0 Å². The van der Waals surface area contributed by atoms with Crippen LogP contribution in [0.2, 0.25) is 0 Å². The minimum absolute atomic E-state index is 0.287. The summed E-state index contributed by atoms with van der Waals surface area (Å²) < 4.78 is 40.9. The van der Waals surface area contributed by atoms with Crippen molar-refractivity contribution in [2.45, 2.75) is 19.4 Å². The van der Waals surface area contributed by atoms with Gasteiger partial charge in [-0.25, -0.2) is 17.5 Å². The highest BCUT2D eigenvalue weighted by molar-refractivity contribution is 7.88. The number of halogens is 1. The zero-order chi connectivity index (χ0) is 18.9. The number of nitrogens with zero attached hydrogens (tertiary/aromatic N) is 4. The molecule has 3 aromatic rings. The Morgan fingerprint density at radius 1 is 1.15 bits per heavy atom. The number of nitrogens with one attached hydrogen (secondary N) is 2. The largest absolute Gasteiger partial charge is 0.367 e. The summed E-state index contributed by atoms with van der Waals surface area (Å²) in [6.45, 7) is 3.81. The maximum atomic E-state index is 14.1. The van der Waals surface area contributed by atoms with E-state index >= 15 is 0 Å². The molecule has 138 valence electrons. The number of hydrogen-bond donors (Lipinski definition) is 2. The first-order valence-corrected chi connectivity index (χ1v) is 9.74. The van der Waals surface area contributed by atoms with E-state index in [1.54, 1.807) is 44.2 Å². The molecular formula is C16H19FN6O2S. The van der Waals surface area contributed by atoms with Gasteiger partial charge in [0.1, 0.15) is 11.6 Å². The predicted octanol–water partition coefficient (Wildman–Crippen LogP) is 1.67.